The van der Waals surface area contributed by atoms with Gasteiger partial charge < -0.3 is 5.32 Å². The van der Waals surface area contributed by atoms with E-state index < -0.39 is 0 Å². The molecule has 0 aromatic carbocycles. The van der Waals surface area contributed by atoms with E-state index in [-0.39, 0.29) is 0 Å². The van der Waals surface area contributed by atoms with Crippen LogP contribution in [0.4, 0.5) is 0 Å². The topological polar surface area (TPSA) is 15.3 Å². The first kappa shape index (κ1) is 11.0. The van der Waals surface area contributed by atoms with Crippen molar-refractivity contribution in [2.24, 2.45) is 5.92 Å². The summed E-state index contributed by atoms with van der Waals surface area (Å²) in [6.45, 7) is 12.9. The third kappa shape index (κ3) is 2.96. The van der Waals surface area contributed by atoms with Crippen molar-refractivity contribution < 1.29 is 0 Å². The zero-order chi connectivity index (χ0) is 9.84. The van der Waals surface area contributed by atoms with Gasteiger partial charge >= 0.3 is 0 Å². The molecule has 0 saturated carbocycles. The van der Waals surface area contributed by atoms with E-state index in [4.69, 9.17) is 0 Å². The van der Waals surface area contributed by atoms with Gasteiger partial charge in [0, 0.05) is 18.6 Å². The fraction of sp³-hybridized carbons (Fsp3) is 1.00. The lowest BCUT2D eigenvalue weighted by molar-refractivity contribution is 0.129. The third-order valence-corrected chi connectivity index (χ3v) is 2.98. The zero-order valence-electron chi connectivity index (χ0n) is 9.51. The van der Waals surface area contributed by atoms with Crippen molar-refractivity contribution in [3.63, 3.8) is 0 Å². The molecule has 0 amide bonds. The molecule has 1 rings (SSSR count). The molecule has 1 fully saturated rings. The van der Waals surface area contributed by atoms with Crippen molar-refractivity contribution in [2.75, 3.05) is 19.6 Å². The van der Waals surface area contributed by atoms with Gasteiger partial charge in [-0.3, -0.25) is 4.90 Å². The molecule has 1 heterocycles. The van der Waals surface area contributed by atoms with E-state index in [0.29, 0.717) is 6.04 Å². The molecule has 1 atom stereocenters. The second-order valence-corrected chi connectivity index (χ2v) is 4.70. The summed E-state index contributed by atoms with van der Waals surface area (Å²) < 4.78 is 0. The highest BCUT2D eigenvalue weighted by Gasteiger charge is 2.24. The molecule has 1 unspecified atom stereocenters. The van der Waals surface area contributed by atoms with Gasteiger partial charge in [0.1, 0.15) is 0 Å². The van der Waals surface area contributed by atoms with Gasteiger partial charge in [0.25, 0.3) is 0 Å². The van der Waals surface area contributed by atoms with Crippen LogP contribution in [0.1, 0.15) is 34.1 Å². The molecule has 1 aliphatic rings. The van der Waals surface area contributed by atoms with Crippen LogP contribution in [0.15, 0.2) is 0 Å². The predicted molar refractivity (Wildman–Crippen MR) is 58.0 cm³/mol. The average Bonchev–Trinajstić information content (AvgIpc) is 2.27. The Bertz CT molecular complexity index is 127. The minimum Gasteiger partial charge on any atom is -0.315 e. The van der Waals surface area contributed by atoms with Crippen molar-refractivity contribution in [2.45, 2.75) is 46.2 Å². The summed E-state index contributed by atoms with van der Waals surface area (Å²) in [5.41, 5.74) is 0. The molecule has 2 heteroatoms. The maximum absolute atomic E-state index is 3.52. The fourth-order valence-corrected chi connectivity index (χ4v) is 2.18. The fourth-order valence-electron chi connectivity index (χ4n) is 2.18. The second-order valence-electron chi connectivity index (χ2n) is 4.70. The van der Waals surface area contributed by atoms with Crippen LogP contribution in [0, 0.1) is 5.92 Å². The number of hydrogen-bond acceptors (Lipinski definition) is 2. The highest BCUT2D eigenvalue weighted by atomic mass is 15.2. The maximum atomic E-state index is 3.52. The van der Waals surface area contributed by atoms with Gasteiger partial charge in [-0.15, -0.1) is 0 Å². The van der Waals surface area contributed by atoms with E-state index in [2.05, 4.69) is 37.9 Å². The zero-order valence-corrected chi connectivity index (χ0v) is 9.51. The highest BCUT2D eigenvalue weighted by Crippen LogP contribution is 2.15. The largest absolute Gasteiger partial charge is 0.315 e. The van der Waals surface area contributed by atoms with Crippen LogP contribution in [0.3, 0.4) is 0 Å². The van der Waals surface area contributed by atoms with Gasteiger partial charge in [0.05, 0.1) is 0 Å². The molecule has 0 aliphatic carbocycles. The molecule has 1 N–H and O–H groups in total. The Labute approximate surface area is 82.7 Å². The Morgan fingerprint density at radius 2 is 1.92 bits per heavy atom. The Hall–Kier alpha value is -0.0800. The van der Waals surface area contributed by atoms with E-state index in [1.165, 1.54) is 19.5 Å². The van der Waals surface area contributed by atoms with E-state index in [0.717, 1.165) is 18.5 Å². The van der Waals surface area contributed by atoms with Crippen LogP contribution in [-0.4, -0.2) is 36.6 Å². The number of hydrogen-bond donors (Lipinski definition) is 1. The van der Waals surface area contributed by atoms with Gasteiger partial charge in [0.15, 0.2) is 0 Å². The van der Waals surface area contributed by atoms with Crippen molar-refractivity contribution in [1.29, 1.82) is 0 Å². The van der Waals surface area contributed by atoms with E-state index >= 15 is 0 Å². The van der Waals surface area contributed by atoms with Crippen molar-refractivity contribution in [3.05, 3.63) is 0 Å². The van der Waals surface area contributed by atoms with Crippen molar-refractivity contribution in [3.8, 4) is 0 Å². The molecule has 0 spiro atoms. The minimum atomic E-state index is 0.687. The van der Waals surface area contributed by atoms with Crippen LogP contribution in [0.25, 0.3) is 0 Å². The quantitative estimate of drug-likeness (QED) is 0.703. The summed E-state index contributed by atoms with van der Waals surface area (Å²) in [5.74, 6) is 0.757. The molecule has 13 heavy (non-hydrogen) atoms. The van der Waals surface area contributed by atoms with E-state index in [1.807, 2.05) is 0 Å². The standard InChI is InChI=1S/C11H24N2/c1-9(2)11-8-12-6-5-7-13(11)10(3)4/h9-12H,5-8H2,1-4H3. The van der Waals surface area contributed by atoms with Crippen molar-refractivity contribution in [1.82, 2.24) is 10.2 Å². The second kappa shape index (κ2) is 4.97. The number of nitrogens with one attached hydrogen (secondary N) is 1. The summed E-state index contributed by atoms with van der Waals surface area (Å²) >= 11 is 0. The first-order chi connectivity index (χ1) is 6.13. The van der Waals surface area contributed by atoms with Crippen molar-refractivity contribution >= 4 is 0 Å². The summed E-state index contributed by atoms with van der Waals surface area (Å²) in [4.78, 5) is 2.64. The minimum absolute atomic E-state index is 0.687. The summed E-state index contributed by atoms with van der Waals surface area (Å²) in [6, 6.07) is 1.41. The normalized spacial score (nSPS) is 26.8. The number of rotatable bonds is 2. The third-order valence-electron chi connectivity index (χ3n) is 2.98. The molecule has 1 aliphatic heterocycles. The summed E-state index contributed by atoms with van der Waals surface area (Å²) in [7, 11) is 0. The monoisotopic (exact) mass is 184 g/mol. The average molecular weight is 184 g/mol. The van der Waals surface area contributed by atoms with Gasteiger partial charge in [0.2, 0.25) is 0 Å². The first-order valence-corrected chi connectivity index (χ1v) is 5.59. The molecule has 78 valence electrons. The number of nitrogens with zero attached hydrogens (tertiary/aromatic N) is 1. The summed E-state index contributed by atoms with van der Waals surface area (Å²) in [5, 5.41) is 3.52. The SMILES string of the molecule is CC(C)C1CNCCCN1C(C)C. The van der Waals surface area contributed by atoms with Crippen LogP contribution >= 0.6 is 0 Å². The maximum Gasteiger partial charge on any atom is 0.0246 e. The summed E-state index contributed by atoms with van der Waals surface area (Å²) in [6.07, 6.45) is 1.29. The smallest absolute Gasteiger partial charge is 0.0246 e. The molecule has 0 aromatic rings. The Balaban J connectivity index is 2.61. The lowest BCUT2D eigenvalue weighted by atomic mass is 10.0. The van der Waals surface area contributed by atoms with E-state index in [1.54, 1.807) is 0 Å². The lowest BCUT2D eigenvalue weighted by Crippen LogP contribution is -2.46. The van der Waals surface area contributed by atoms with Crippen LogP contribution in [0.2, 0.25) is 0 Å². The predicted octanol–water partition coefficient (Wildman–Crippen LogP) is 1.71. The van der Waals surface area contributed by atoms with Gasteiger partial charge in [-0.2, -0.15) is 0 Å². The van der Waals surface area contributed by atoms with Crippen LogP contribution in [0.5, 0.6) is 0 Å². The van der Waals surface area contributed by atoms with Gasteiger partial charge in [-0.05, 0) is 39.3 Å². The Morgan fingerprint density at radius 3 is 2.46 bits per heavy atom. The molecule has 2 nitrogen and oxygen atoms in total. The van der Waals surface area contributed by atoms with Gasteiger partial charge in [-0.1, -0.05) is 13.8 Å². The molecule has 1 saturated heterocycles. The molecular formula is C11H24N2. The van der Waals surface area contributed by atoms with Gasteiger partial charge in [-0.25, -0.2) is 0 Å². The Morgan fingerprint density at radius 1 is 1.23 bits per heavy atom. The van der Waals surface area contributed by atoms with Crippen LogP contribution in [-0.2, 0) is 0 Å². The molecule has 0 bridgehead atoms. The van der Waals surface area contributed by atoms with Crippen LogP contribution < -0.4 is 5.32 Å². The highest BCUT2D eigenvalue weighted by molar-refractivity contribution is 4.82. The molecule has 0 radical (unpaired) electrons. The van der Waals surface area contributed by atoms with E-state index in [9.17, 15) is 0 Å². The molecular weight excluding hydrogens is 160 g/mol. The first-order valence-electron chi connectivity index (χ1n) is 5.59. The Kier molecular flexibility index (Phi) is 4.20. The molecule has 0 aromatic heterocycles. The lowest BCUT2D eigenvalue weighted by Gasteiger charge is -2.35.